The Morgan fingerprint density at radius 3 is 2.46 bits per heavy atom. The van der Waals surface area contributed by atoms with E-state index in [1.165, 1.54) is 6.07 Å². The van der Waals surface area contributed by atoms with Crippen LogP contribution in [0.3, 0.4) is 0 Å². The Bertz CT molecular complexity index is 1260. The van der Waals surface area contributed by atoms with Gasteiger partial charge in [-0.15, -0.1) is 0 Å². The molecule has 37 heavy (non-hydrogen) atoms. The van der Waals surface area contributed by atoms with Crippen LogP contribution in [-0.4, -0.2) is 46.2 Å². The first-order valence-corrected chi connectivity index (χ1v) is 12.4. The summed E-state index contributed by atoms with van der Waals surface area (Å²) in [4.78, 5) is 32.4. The number of Topliss-reactive ketones (excluding diaryl/α,β-unsaturated/α-hetero) is 1. The van der Waals surface area contributed by atoms with Gasteiger partial charge in [-0.25, -0.2) is 13.8 Å². The highest BCUT2D eigenvalue weighted by atomic mass is 19.2. The van der Waals surface area contributed by atoms with Crippen LogP contribution in [0.2, 0.25) is 0 Å². The van der Waals surface area contributed by atoms with Crippen molar-refractivity contribution in [2.24, 2.45) is 0 Å². The zero-order valence-electron chi connectivity index (χ0n) is 20.6. The molecule has 198 valence electrons. The third kappa shape index (κ3) is 6.89. The van der Waals surface area contributed by atoms with Gasteiger partial charge in [0.1, 0.15) is 5.82 Å². The highest BCUT2D eigenvalue weighted by Crippen LogP contribution is 2.23. The average molecular weight is 511 g/mol. The number of amides is 1. The fraction of sp³-hybridized carbons (Fsp3) is 0.414. The molecule has 8 heteroatoms. The molecule has 0 unspecified atom stereocenters. The monoisotopic (exact) mass is 510 g/mol. The van der Waals surface area contributed by atoms with Crippen molar-refractivity contribution in [3.05, 3.63) is 71.4 Å². The lowest BCUT2D eigenvalue weighted by molar-refractivity contribution is -0.128. The molecule has 1 amide bonds. The van der Waals surface area contributed by atoms with E-state index in [0.717, 1.165) is 41.3 Å². The molecule has 0 saturated carbocycles. The Kier molecular flexibility index (Phi) is 9.32. The van der Waals surface area contributed by atoms with E-state index in [4.69, 9.17) is 5.73 Å². The second-order valence-electron chi connectivity index (χ2n) is 9.74. The lowest BCUT2D eigenvalue weighted by Gasteiger charge is -2.26. The number of likely N-dealkylation sites (tertiary alicyclic amines) is 1. The van der Waals surface area contributed by atoms with Crippen molar-refractivity contribution in [3.8, 4) is 0 Å². The maximum Gasteiger partial charge on any atom is 0.234 e. The van der Waals surface area contributed by atoms with E-state index in [9.17, 15) is 18.4 Å². The molecule has 3 atom stereocenters. The van der Waals surface area contributed by atoms with Crippen LogP contribution in [0.5, 0.6) is 0 Å². The second kappa shape index (κ2) is 12.2. The largest absolute Gasteiger partial charge is 0.383 e. The Hall–Kier alpha value is -3.39. The van der Waals surface area contributed by atoms with Gasteiger partial charge in [0.05, 0.1) is 12.6 Å². The molecule has 0 spiro atoms. The zero-order valence-corrected chi connectivity index (χ0v) is 20.6. The summed E-state index contributed by atoms with van der Waals surface area (Å²) in [5.41, 5.74) is 7.33. The normalized spacial score (nSPS) is 18.4. The van der Waals surface area contributed by atoms with Gasteiger partial charge in [-0.1, -0.05) is 31.7 Å². The van der Waals surface area contributed by atoms with Gasteiger partial charge in [0, 0.05) is 30.1 Å². The molecule has 1 aromatic heterocycles. The van der Waals surface area contributed by atoms with Crippen LogP contribution in [0, 0.1) is 11.6 Å². The average Bonchev–Trinajstić information content (AvgIpc) is 3.16. The first-order valence-electron chi connectivity index (χ1n) is 12.4. The van der Waals surface area contributed by atoms with Gasteiger partial charge in [-0.05, 0) is 74.2 Å². The second-order valence-corrected chi connectivity index (χ2v) is 9.74. The number of rotatable bonds is 9. The van der Waals surface area contributed by atoms with Crippen LogP contribution in [0.15, 0.2) is 48.7 Å². The van der Waals surface area contributed by atoms with E-state index < -0.39 is 17.7 Å². The summed E-state index contributed by atoms with van der Waals surface area (Å²) in [5.74, 6) is -1.88. The van der Waals surface area contributed by atoms with E-state index in [-0.39, 0.29) is 38.5 Å². The number of nitrogen functional groups attached to an aromatic ring is 1. The van der Waals surface area contributed by atoms with Gasteiger partial charge < -0.3 is 11.1 Å². The maximum atomic E-state index is 13.8. The number of carbonyl (C=O) groups excluding carboxylic acids is 2. The third-order valence-corrected chi connectivity index (χ3v) is 7.13. The SMILES string of the molecule is C.C[C@@H]1CC[C@H](C)N1CC(=O)N[C@@H](Cc1ccc(F)c(F)c1)C(=O)CCc1ccc2c(N)nccc2c1. The number of aromatic nitrogens is 1. The summed E-state index contributed by atoms with van der Waals surface area (Å²) in [6.07, 6.45) is 4.45. The summed E-state index contributed by atoms with van der Waals surface area (Å²) in [5, 5.41) is 4.66. The molecule has 3 aromatic rings. The van der Waals surface area contributed by atoms with Crippen LogP contribution in [0.4, 0.5) is 14.6 Å². The Morgan fingerprint density at radius 2 is 1.76 bits per heavy atom. The van der Waals surface area contributed by atoms with Crippen LogP contribution >= 0.6 is 0 Å². The summed E-state index contributed by atoms with van der Waals surface area (Å²) >= 11 is 0. The Labute approximate surface area is 217 Å². The van der Waals surface area contributed by atoms with Gasteiger partial charge in [0.2, 0.25) is 5.91 Å². The number of hydrogen-bond donors (Lipinski definition) is 2. The van der Waals surface area contributed by atoms with Gasteiger partial charge in [-0.3, -0.25) is 14.5 Å². The molecule has 4 rings (SSSR count). The molecule has 6 nitrogen and oxygen atoms in total. The number of anilines is 1. The number of fused-ring (bicyclic) bond motifs is 1. The van der Waals surface area contributed by atoms with E-state index in [1.807, 2.05) is 24.3 Å². The molecule has 3 N–H and O–H groups in total. The summed E-state index contributed by atoms with van der Waals surface area (Å²) in [7, 11) is 0. The number of pyridine rings is 1. The lowest BCUT2D eigenvalue weighted by Crippen LogP contribution is -2.48. The number of carbonyl (C=O) groups is 2. The van der Waals surface area contributed by atoms with Gasteiger partial charge in [0.25, 0.3) is 0 Å². The maximum absolute atomic E-state index is 13.8. The van der Waals surface area contributed by atoms with Crippen molar-refractivity contribution in [3.63, 3.8) is 0 Å². The molecular weight excluding hydrogens is 474 g/mol. The molecule has 0 bridgehead atoms. The number of nitrogens with one attached hydrogen (secondary N) is 1. The van der Waals surface area contributed by atoms with E-state index >= 15 is 0 Å². The molecule has 1 fully saturated rings. The molecule has 2 aromatic carbocycles. The first kappa shape index (κ1) is 28.2. The Balaban J connectivity index is 0.00000380. The molecule has 0 aliphatic carbocycles. The standard InChI is InChI=1S/C28H32F2N4O2.CH4/c1-17-3-4-18(2)34(17)16-27(36)33-25(15-20-6-9-23(29)24(30)14-20)26(35)10-7-19-5-8-22-21(13-19)11-12-32-28(22)31;/h5-6,8-9,11-14,17-18,25H,3-4,7,10,15-16H2,1-2H3,(H2,31,32)(H,33,36);1H4/t17-,18+,25-;/m0./s1. The van der Waals surface area contributed by atoms with Crippen LogP contribution in [0.1, 0.15) is 51.7 Å². The highest BCUT2D eigenvalue weighted by Gasteiger charge is 2.30. The number of aryl methyl sites for hydroxylation is 1. The van der Waals surface area contributed by atoms with Crippen molar-refractivity contribution in [1.29, 1.82) is 0 Å². The fourth-order valence-electron chi connectivity index (χ4n) is 4.96. The predicted molar refractivity (Wildman–Crippen MR) is 143 cm³/mol. The van der Waals surface area contributed by atoms with Gasteiger partial charge >= 0.3 is 0 Å². The summed E-state index contributed by atoms with van der Waals surface area (Å²) < 4.78 is 27.2. The van der Waals surface area contributed by atoms with Crippen LogP contribution in [-0.2, 0) is 22.4 Å². The smallest absolute Gasteiger partial charge is 0.234 e. The number of nitrogens with two attached hydrogens (primary N) is 1. The number of benzene rings is 2. The van der Waals surface area contributed by atoms with Crippen LogP contribution < -0.4 is 11.1 Å². The molecule has 2 heterocycles. The van der Waals surface area contributed by atoms with Crippen LogP contribution in [0.25, 0.3) is 10.8 Å². The zero-order chi connectivity index (χ0) is 25.8. The minimum Gasteiger partial charge on any atom is -0.383 e. The number of ketones is 1. The minimum atomic E-state index is -0.977. The van der Waals surface area contributed by atoms with Gasteiger partial charge in [0.15, 0.2) is 17.4 Å². The van der Waals surface area contributed by atoms with E-state index in [2.05, 4.69) is 29.0 Å². The molecule has 1 saturated heterocycles. The molecular formula is C29H36F2N4O2. The van der Waals surface area contributed by atoms with Crippen molar-refractivity contribution >= 4 is 28.3 Å². The summed E-state index contributed by atoms with van der Waals surface area (Å²) in [6.45, 7) is 4.38. The highest BCUT2D eigenvalue weighted by molar-refractivity contribution is 5.92. The van der Waals surface area contributed by atoms with E-state index in [0.29, 0.717) is 29.9 Å². The third-order valence-electron chi connectivity index (χ3n) is 7.13. The number of halogens is 2. The topological polar surface area (TPSA) is 88.3 Å². The Morgan fingerprint density at radius 1 is 1.05 bits per heavy atom. The molecule has 1 aliphatic heterocycles. The first-order chi connectivity index (χ1) is 17.2. The fourth-order valence-corrected chi connectivity index (χ4v) is 4.96. The molecule has 1 aliphatic rings. The van der Waals surface area contributed by atoms with Gasteiger partial charge in [-0.2, -0.15) is 0 Å². The van der Waals surface area contributed by atoms with Crippen molar-refractivity contribution in [2.75, 3.05) is 12.3 Å². The summed E-state index contributed by atoms with van der Waals surface area (Å²) in [6, 6.07) is 10.9. The molecule has 0 radical (unpaired) electrons. The van der Waals surface area contributed by atoms with E-state index in [1.54, 1.807) is 6.20 Å². The van der Waals surface area contributed by atoms with Crippen molar-refractivity contribution in [2.45, 2.75) is 71.5 Å². The van der Waals surface area contributed by atoms with Crippen molar-refractivity contribution < 1.29 is 18.4 Å². The quantitative estimate of drug-likeness (QED) is 0.430. The number of nitrogens with zero attached hydrogens (tertiary/aromatic N) is 2. The number of hydrogen-bond acceptors (Lipinski definition) is 5. The minimum absolute atomic E-state index is 0. The van der Waals surface area contributed by atoms with Crippen molar-refractivity contribution in [1.82, 2.24) is 15.2 Å². The predicted octanol–water partition coefficient (Wildman–Crippen LogP) is 4.83. The lowest BCUT2D eigenvalue weighted by atomic mass is 9.96.